The van der Waals surface area contributed by atoms with Crippen LogP contribution in [-0.2, 0) is 9.59 Å². The van der Waals surface area contributed by atoms with Crippen LogP contribution in [0.25, 0.3) is 0 Å². The Morgan fingerprint density at radius 3 is 2.65 bits per heavy atom. The molecule has 3 rings (SSSR count). The third kappa shape index (κ3) is 3.71. The number of carbonyl (C=O) groups excluding carboxylic acids is 2. The second-order valence-corrected chi connectivity index (χ2v) is 6.56. The summed E-state index contributed by atoms with van der Waals surface area (Å²) in [6, 6.07) is 5.73. The maximum atomic E-state index is 13.8. The quantitative estimate of drug-likeness (QED) is 0.928. The highest BCUT2D eigenvalue weighted by atomic mass is 19.1. The molecule has 1 saturated heterocycles. The van der Waals surface area contributed by atoms with Gasteiger partial charge < -0.3 is 10.2 Å². The molecule has 1 heterocycles. The van der Waals surface area contributed by atoms with E-state index in [1.165, 1.54) is 30.2 Å². The fourth-order valence-corrected chi connectivity index (χ4v) is 3.63. The zero-order chi connectivity index (χ0) is 16.2. The Morgan fingerprint density at radius 1 is 1.17 bits per heavy atom. The number of halogens is 1. The van der Waals surface area contributed by atoms with Gasteiger partial charge in [0.2, 0.25) is 11.8 Å². The van der Waals surface area contributed by atoms with Crippen molar-refractivity contribution in [2.45, 2.75) is 51.0 Å². The molecule has 0 aromatic heterocycles. The maximum absolute atomic E-state index is 13.8. The second-order valence-electron chi connectivity index (χ2n) is 6.56. The molecule has 1 saturated carbocycles. The third-order valence-corrected chi connectivity index (χ3v) is 4.88. The van der Waals surface area contributed by atoms with Gasteiger partial charge in [-0.05, 0) is 37.3 Å². The van der Waals surface area contributed by atoms with Crippen molar-refractivity contribution in [3.8, 4) is 0 Å². The fourth-order valence-electron chi connectivity index (χ4n) is 3.63. The van der Waals surface area contributed by atoms with Gasteiger partial charge in [0.15, 0.2) is 0 Å². The molecule has 2 aliphatic rings. The summed E-state index contributed by atoms with van der Waals surface area (Å²) in [4.78, 5) is 26.0. The van der Waals surface area contributed by atoms with Crippen LogP contribution < -0.4 is 10.2 Å². The lowest BCUT2D eigenvalue weighted by Gasteiger charge is -2.22. The van der Waals surface area contributed by atoms with Crippen LogP contribution in [0.2, 0.25) is 0 Å². The Balaban J connectivity index is 1.56. The number of nitrogens with one attached hydrogen (secondary N) is 1. The zero-order valence-corrected chi connectivity index (χ0v) is 13.3. The average Bonchev–Trinajstić information content (AvgIpc) is 2.90. The van der Waals surface area contributed by atoms with Crippen molar-refractivity contribution in [2.75, 3.05) is 11.4 Å². The number of hydrogen-bond acceptors (Lipinski definition) is 2. The Bertz CT molecular complexity index is 584. The van der Waals surface area contributed by atoms with Crippen LogP contribution in [-0.4, -0.2) is 24.4 Å². The van der Waals surface area contributed by atoms with Crippen molar-refractivity contribution in [3.05, 3.63) is 30.1 Å². The van der Waals surface area contributed by atoms with Gasteiger partial charge >= 0.3 is 0 Å². The average molecular weight is 318 g/mol. The van der Waals surface area contributed by atoms with Gasteiger partial charge in [-0.25, -0.2) is 4.39 Å². The summed E-state index contributed by atoms with van der Waals surface area (Å²) >= 11 is 0. The highest BCUT2D eigenvalue weighted by Crippen LogP contribution is 2.27. The molecule has 1 aromatic carbocycles. The van der Waals surface area contributed by atoms with Gasteiger partial charge in [-0.1, -0.05) is 31.4 Å². The molecular formula is C18H23FN2O2. The Kier molecular flexibility index (Phi) is 4.94. The van der Waals surface area contributed by atoms with Crippen LogP contribution in [0.3, 0.4) is 0 Å². The molecule has 1 atom stereocenters. The number of para-hydroxylation sites is 1. The SMILES string of the molecule is O=C(CC1CCCCC1)NC1CCN(c2ccccc2F)C1=O. The topological polar surface area (TPSA) is 49.4 Å². The molecule has 2 amide bonds. The van der Waals surface area contributed by atoms with Crippen molar-refractivity contribution in [2.24, 2.45) is 5.92 Å². The van der Waals surface area contributed by atoms with Gasteiger partial charge in [0.05, 0.1) is 5.69 Å². The number of carbonyl (C=O) groups is 2. The molecule has 0 spiro atoms. The van der Waals surface area contributed by atoms with Crippen molar-refractivity contribution in [1.82, 2.24) is 5.32 Å². The summed E-state index contributed by atoms with van der Waals surface area (Å²) in [5, 5.41) is 2.84. The smallest absolute Gasteiger partial charge is 0.249 e. The third-order valence-electron chi connectivity index (χ3n) is 4.88. The lowest BCUT2D eigenvalue weighted by Crippen LogP contribution is -2.42. The first-order chi connectivity index (χ1) is 11.1. The van der Waals surface area contributed by atoms with Crippen LogP contribution in [0.5, 0.6) is 0 Å². The van der Waals surface area contributed by atoms with Crippen LogP contribution in [0.15, 0.2) is 24.3 Å². The number of hydrogen-bond donors (Lipinski definition) is 1. The highest BCUT2D eigenvalue weighted by Gasteiger charge is 2.34. The van der Waals surface area contributed by atoms with Crippen LogP contribution in [0, 0.1) is 11.7 Å². The van der Waals surface area contributed by atoms with Crippen molar-refractivity contribution < 1.29 is 14.0 Å². The maximum Gasteiger partial charge on any atom is 0.249 e. The van der Waals surface area contributed by atoms with E-state index in [1.54, 1.807) is 18.2 Å². The minimum atomic E-state index is -0.523. The van der Waals surface area contributed by atoms with Gasteiger partial charge in [-0.2, -0.15) is 0 Å². The number of benzene rings is 1. The molecule has 0 bridgehead atoms. The van der Waals surface area contributed by atoms with Crippen LogP contribution in [0.4, 0.5) is 10.1 Å². The summed E-state index contributed by atoms with van der Waals surface area (Å²) in [7, 11) is 0. The molecule has 23 heavy (non-hydrogen) atoms. The van der Waals surface area contributed by atoms with Crippen LogP contribution in [0.1, 0.15) is 44.9 Å². The summed E-state index contributed by atoms with van der Waals surface area (Å²) in [6.45, 7) is 0.439. The predicted molar refractivity (Wildman–Crippen MR) is 86.5 cm³/mol. The molecular weight excluding hydrogens is 295 g/mol. The minimum Gasteiger partial charge on any atom is -0.344 e. The highest BCUT2D eigenvalue weighted by molar-refractivity contribution is 6.01. The Morgan fingerprint density at radius 2 is 1.91 bits per heavy atom. The van der Waals surface area contributed by atoms with Gasteiger partial charge in [-0.15, -0.1) is 0 Å². The molecule has 0 radical (unpaired) electrons. The lowest BCUT2D eigenvalue weighted by atomic mass is 9.87. The summed E-state index contributed by atoms with van der Waals surface area (Å²) < 4.78 is 13.8. The molecule has 4 nitrogen and oxygen atoms in total. The molecule has 124 valence electrons. The van der Waals surface area contributed by atoms with E-state index in [4.69, 9.17) is 0 Å². The van der Waals surface area contributed by atoms with Crippen molar-refractivity contribution >= 4 is 17.5 Å². The number of nitrogens with zero attached hydrogens (tertiary/aromatic N) is 1. The van der Waals surface area contributed by atoms with E-state index in [1.807, 2.05) is 0 Å². The Labute approximate surface area is 136 Å². The molecule has 1 unspecified atom stereocenters. The van der Waals surface area contributed by atoms with Gasteiger partial charge in [0.1, 0.15) is 11.9 Å². The molecule has 5 heteroatoms. The van der Waals surface area contributed by atoms with E-state index >= 15 is 0 Å². The lowest BCUT2D eigenvalue weighted by molar-refractivity contribution is -0.127. The monoisotopic (exact) mass is 318 g/mol. The summed E-state index contributed by atoms with van der Waals surface area (Å²) in [6.07, 6.45) is 6.90. The van der Waals surface area contributed by atoms with Crippen molar-refractivity contribution in [1.29, 1.82) is 0 Å². The molecule has 1 aliphatic heterocycles. The van der Waals surface area contributed by atoms with Crippen LogP contribution >= 0.6 is 0 Å². The van der Waals surface area contributed by atoms with E-state index in [9.17, 15) is 14.0 Å². The van der Waals surface area contributed by atoms with E-state index in [0.29, 0.717) is 31.0 Å². The van der Waals surface area contributed by atoms with Gasteiger partial charge in [0, 0.05) is 13.0 Å². The number of rotatable bonds is 4. The first-order valence-electron chi connectivity index (χ1n) is 8.50. The summed E-state index contributed by atoms with van der Waals surface area (Å²) in [5.41, 5.74) is 0.293. The zero-order valence-electron chi connectivity index (χ0n) is 13.3. The molecule has 1 aromatic rings. The van der Waals surface area contributed by atoms with E-state index < -0.39 is 11.9 Å². The molecule has 1 aliphatic carbocycles. The minimum absolute atomic E-state index is 0.0503. The predicted octanol–water partition coefficient (Wildman–Crippen LogP) is 3.02. The summed E-state index contributed by atoms with van der Waals surface area (Å²) in [5.74, 6) is -0.226. The standard InChI is InChI=1S/C18H23FN2O2/c19-14-8-4-5-9-16(14)21-11-10-15(18(21)23)20-17(22)12-13-6-2-1-3-7-13/h4-5,8-9,13,15H,1-3,6-7,10-12H2,(H,20,22). The van der Waals surface area contributed by atoms with E-state index in [0.717, 1.165) is 12.8 Å². The normalized spacial score (nSPS) is 22.4. The first kappa shape index (κ1) is 16.0. The van der Waals surface area contributed by atoms with E-state index in [2.05, 4.69) is 5.32 Å². The van der Waals surface area contributed by atoms with Gasteiger partial charge in [-0.3, -0.25) is 9.59 Å². The number of amides is 2. The van der Waals surface area contributed by atoms with Gasteiger partial charge in [0.25, 0.3) is 0 Å². The second kappa shape index (κ2) is 7.11. The number of anilines is 1. The largest absolute Gasteiger partial charge is 0.344 e. The van der Waals surface area contributed by atoms with Crippen molar-refractivity contribution in [3.63, 3.8) is 0 Å². The fraction of sp³-hybridized carbons (Fsp3) is 0.556. The molecule has 2 fully saturated rings. The van der Waals surface area contributed by atoms with E-state index in [-0.39, 0.29) is 11.8 Å². The molecule has 1 N–H and O–H groups in total. The Hall–Kier alpha value is -1.91. The first-order valence-corrected chi connectivity index (χ1v) is 8.50.